The topological polar surface area (TPSA) is 88.7 Å². The highest BCUT2D eigenvalue weighted by molar-refractivity contribution is 5.83. The fourth-order valence-corrected chi connectivity index (χ4v) is 7.13. The van der Waals surface area contributed by atoms with Crippen LogP contribution in [0.15, 0.2) is 0 Å². The molecule has 0 bridgehead atoms. The summed E-state index contributed by atoms with van der Waals surface area (Å²) in [6.07, 6.45) is 8.88. The Hall–Kier alpha value is -0.570. The summed E-state index contributed by atoms with van der Waals surface area (Å²) in [6.45, 7) is 5.14. The lowest BCUT2D eigenvalue weighted by Crippen LogP contribution is -2.67. The summed E-state index contributed by atoms with van der Waals surface area (Å²) < 4.78 is 0. The van der Waals surface area contributed by atoms with E-state index in [2.05, 4.69) is 35.2 Å². The van der Waals surface area contributed by atoms with Crippen LogP contribution in [0.25, 0.3) is 0 Å². The van der Waals surface area contributed by atoms with Crippen LogP contribution in [0.1, 0.15) is 65.2 Å². The summed E-state index contributed by atoms with van der Waals surface area (Å²) in [5.74, 6) is 2.07. The van der Waals surface area contributed by atoms with E-state index >= 15 is 0 Å². The van der Waals surface area contributed by atoms with Gasteiger partial charge in [0.05, 0.1) is 6.17 Å². The van der Waals surface area contributed by atoms with Crippen LogP contribution in [-0.2, 0) is 4.79 Å². The van der Waals surface area contributed by atoms with E-state index in [0.29, 0.717) is 29.7 Å². The van der Waals surface area contributed by atoms with Gasteiger partial charge in [-0.05, 0) is 44.4 Å². The average Bonchev–Trinajstić information content (AvgIpc) is 3.05. The molecule has 5 aliphatic rings. The standard InChI is InChI=1S/C22H39N5O2/c1-12-8-13(2)25-22(24-12)27-21(29)19-16-9-15(14-6-4-3-5-7-14)10-18(28)17(16)11-23-20(19)26-27/h12-17,19-26,29H,3-11H2,1-2H3. The normalized spacial score (nSPS) is 49.6. The van der Waals surface area contributed by atoms with Crippen LogP contribution in [0.2, 0.25) is 0 Å². The van der Waals surface area contributed by atoms with Crippen LogP contribution >= 0.6 is 0 Å². The van der Waals surface area contributed by atoms with Crippen LogP contribution < -0.4 is 21.4 Å². The first kappa shape index (κ1) is 20.3. The van der Waals surface area contributed by atoms with Crippen molar-refractivity contribution < 1.29 is 9.90 Å². The van der Waals surface area contributed by atoms with Gasteiger partial charge in [0.1, 0.15) is 18.3 Å². The Morgan fingerprint density at radius 2 is 1.72 bits per heavy atom. The highest BCUT2D eigenvalue weighted by Gasteiger charge is 2.55. The van der Waals surface area contributed by atoms with Crippen LogP contribution in [0, 0.1) is 29.6 Å². The van der Waals surface area contributed by atoms with Gasteiger partial charge in [-0.3, -0.25) is 20.7 Å². The van der Waals surface area contributed by atoms with Gasteiger partial charge in [0.15, 0.2) is 0 Å². The fourth-order valence-electron chi connectivity index (χ4n) is 7.13. The highest BCUT2D eigenvalue weighted by atomic mass is 16.3. The molecule has 0 aromatic rings. The first-order chi connectivity index (χ1) is 14.0. The molecule has 0 spiro atoms. The van der Waals surface area contributed by atoms with Crippen LogP contribution in [0.5, 0.6) is 0 Å². The van der Waals surface area contributed by atoms with Gasteiger partial charge in [0.25, 0.3) is 0 Å². The number of carbonyl (C=O) groups excluding carboxylic acids is 1. The first-order valence-electron chi connectivity index (χ1n) is 12.0. The summed E-state index contributed by atoms with van der Waals surface area (Å²) in [5.41, 5.74) is 3.53. The number of ketones is 1. The molecule has 2 aliphatic carbocycles. The predicted octanol–water partition coefficient (Wildman–Crippen LogP) is 1.11. The Morgan fingerprint density at radius 3 is 2.45 bits per heavy atom. The minimum absolute atomic E-state index is 0.0419. The summed E-state index contributed by atoms with van der Waals surface area (Å²) in [7, 11) is 0. The molecule has 164 valence electrons. The molecular weight excluding hydrogens is 366 g/mol. The van der Waals surface area contributed by atoms with Gasteiger partial charge in [-0.25, -0.2) is 5.43 Å². The number of rotatable bonds is 2. The minimum Gasteiger partial charge on any atom is -0.377 e. The van der Waals surface area contributed by atoms with Crippen molar-refractivity contribution in [3.05, 3.63) is 0 Å². The molecule has 7 nitrogen and oxygen atoms in total. The number of nitrogens with zero attached hydrogens (tertiary/aromatic N) is 1. The fraction of sp³-hybridized carbons (Fsp3) is 0.955. The zero-order valence-electron chi connectivity index (χ0n) is 17.9. The highest BCUT2D eigenvalue weighted by Crippen LogP contribution is 2.47. The smallest absolute Gasteiger partial charge is 0.137 e. The molecule has 0 aromatic heterocycles. The molecule has 5 fully saturated rings. The second kappa shape index (κ2) is 8.17. The molecule has 2 saturated carbocycles. The lowest BCUT2D eigenvalue weighted by Gasteiger charge is -2.47. The van der Waals surface area contributed by atoms with Crippen molar-refractivity contribution in [2.24, 2.45) is 29.6 Å². The average molecular weight is 406 g/mol. The van der Waals surface area contributed by atoms with Gasteiger partial charge in [-0.15, -0.1) is 0 Å². The largest absolute Gasteiger partial charge is 0.377 e. The van der Waals surface area contributed by atoms with E-state index in [-0.39, 0.29) is 30.2 Å². The molecule has 3 heterocycles. The maximum Gasteiger partial charge on any atom is 0.137 e. The third-order valence-corrected chi connectivity index (χ3v) is 8.51. The number of hydrogen-bond acceptors (Lipinski definition) is 7. The molecule has 7 heteroatoms. The SMILES string of the molecule is CC1CC(C)NC(N2NC3NCC4C(=O)CC(C5CCCCC5)CC4C3C2O)N1. The Kier molecular flexibility index (Phi) is 5.73. The zero-order chi connectivity index (χ0) is 20.1. The Labute approximate surface area is 174 Å². The van der Waals surface area contributed by atoms with Gasteiger partial charge in [-0.2, -0.15) is 5.01 Å². The zero-order valence-corrected chi connectivity index (χ0v) is 17.9. The van der Waals surface area contributed by atoms with E-state index < -0.39 is 6.23 Å². The van der Waals surface area contributed by atoms with E-state index in [0.717, 1.165) is 25.8 Å². The van der Waals surface area contributed by atoms with Gasteiger partial charge < -0.3 is 5.11 Å². The second-order valence-electron chi connectivity index (χ2n) is 10.5. The maximum atomic E-state index is 13.1. The number of fused-ring (bicyclic) bond motifs is 3. The lowest BCUT2D eigenvalue weighted by atomic mass is 9.61. The first-order valence-corrected chi connectivity index (χ1v) is 12.0. The van der Waals surface area contributed by atoms with E-state index in [4.69, 9.17) is 0 Å². The van der Waals surface area contributed by atoms with Crippen molar-refractivity contribution in [1.29, 1.82) is 0 Å². The maximum absolute atomic E-state index is 13.1. The molecule has 8 atom stereocenters. The number of aliphatic hydroxyl groups is 1. The second-order valence-corrected chi connectivity index (χ2v) is 10.5. The molecule has 5 N–H and O–H groups in total. The van der Waals surface area contributed by atoms with E-state index in [1.54, 1.807) is 0 Å². The van der Waals surface area contributed by atoms with E-state index in [9.17, 15) is 9.90 Å². The van der Waals surface area contributed by atoms with Crippen molar-refractivity contribution in [3.63, 3.8) is 0 Å². The van der Waals surface area contributed by atoms with Crippen LogP contribution in [0.3, 0.4) is 0 Å². The molecular formula is C22H39N5O2. The third-order valence-electron chi connectivity index (χ3n) is 8.51. The molecule has 0 aromatic carbocycles. The number of hydrogen-bond donors (Lipinski definition) is 5. The summed E-state index contributed by atoms with van der Waals surface area (Å²) in [4.78, 5) is 13.1. The Morgan fingerprint density at radius 1 is 1.00 bits per heavy atom. The molecule has 0 amide bonds. The minimum atomic E-state index is -0.597. The van der Waals surface area contributed by atoms with Crippen molar-refractivity contribution in [2.75, 3.05) is 6.54 Å². The number of hydrazine groups is 1. The van der Waals surface area contributed by atoms with Gasteiger partial charge in [0, 0.05) is 36.9 Å². The molecule has 29 heavy (non-hydrogen) atoms. The van der Waals surface area contributed by atoms with Gasteiger partial charge in [0.2, 0.25) is 0 Å². The third kappa shape index (κ3) is 3.79. The summed E-state index contributed by atoms with van der Waals surface area (Å²) >= 11 is 0. The van der Waals surface area contributed by atoms with E-state index in [1.165, 1.54) is 32.1 Å². The predicted molar refractivity (Wildman–Crippen MR) is 111 cm³/mol. The Bertz CT molecular complexity index is 602. The number of piperidine rings is 1. The number of aliphatic hydroxyl groups excluding tert-OH is 1. The number of Topliss-reactive ketones (excluding diaryl/α,β-unsaturated/α-hetero) is 1. The van der Waals surface area contributed by atoms with Crippen molar-refractivity contribution in [2.45, 2.75) is 96.0 Å². The molecule has 0 radical (unpaired) electrons. The van der Waals surface area contributed by atoms with Crippen LogP contribution in [-0.4, -0.2) is 53.2 Å². The molecule has 3 aliphatic heterocycles. The number of nitrogens with one attached hydrogen (secondary N) is 4. The van der Waals surface area contributed by atoms with Gasteiger partial charge in [-0.1, -0.05) is 32.1 Å². The van der Waals surface area contributed by atoms with Gasteiger partial charge >= 0.3 is 0 Å². The lowest BCUT2D eigenvalue weighted by molar-refractivity contribution is -0.136. The monoisotopic (exact) mass is 405 g/mol. The summed E-state index contributed by atoms with van der Waals surface area (Å²) in [5, 5.41) is 24.0. The molecule has 8 unspecified atom stereocenters. The van der Waals surface area contributed by atoms with E-state index in [1.807, 2.05) is 5.01 Å². The summed E-state index contributed by atoms with van der Waals surface area (Å²) in [6, 6.07) is 0.807. The van der Waals surface area contributed by atoms with Crippen molar-refractivity contribution >= 4 is 5.78 Å². The molecule has 3 saturated heterocycles. The van der Waals surface area contributed by atoms with Crippen molar-refractivity contribution in [1.82, 2.24) is 26.4 Å². The molecule has 5 rings (SSSR count). The van der Waals surface area contributed by atoms with Crippen molar-refractivity contribution in [3.8, 4) is 0 Å². The van der Waals surface area contributed by atoms with Crippen LogP contribution in [0.4, 0.5) is 0 Å². The number of carbonyl (C=O) groups is 1. The Balaban J connectivity index is 1.33. The quantitative estimate of drug-likeness (QED) is 0.470.